The van der Waals surface area contributed by atoms with Gasteiger partial charge >= 0.3 is 5.97 Å². The minimum absolute atomic E-state index is 0.00657. The van der Waals surface area contributed by atoms with E-state index in [0.29, 0.717) is 26.4 Å². The lowest BCUT2D eigenvalue weighted by Crippen LogP contribution is -2.45. The van der Waals surface area contributed by atoms with E-state index in [-0.39, 0.29) is 6.04 Å². The lowest BCUT2D eigenvalue weighted by atomic mass is 10.0. The molecular formula is C12H23NO4. The molecule has 17 heavy (non-hydrogen) atoms. The van der Waals surface area contributed by atoms with Crippen LogP contribution < -0.4 is 0 Å². The van der Waals surface area contributed by atoms with E-state index in [9.17, 15) is 4.79 Å². The second-order valence-electron chi connectivity index (χ2n) is 4.28. The Morgan fingerprint density at radius 1 is 1.41 bits per heavy atom. The number of carboxylic acid groups (broad SMARTS) is 1. The number of aliphatic carboxylic acids is 1. The molecule has 1 fully saturated rings. The third kappa shape index (κ3) is 4.26. The van der Waals surface area contributed by atoms with E-state index < -0.39 is 11.9 Å². The summed E-state index contributed by atoms with van der Waals surface area (Å²) in [6.45, 7) is 7.92. The summed E-state index contributed by atoms with van der Waals surface area (Å²) in [4.78, 5) is 13.3. The van der Waals surface area contributed by atoms with Crippen molar-refractivity contribution in [2.75, 3.05) is 39.5 Å². The van der Waals surface area contributed by atoms with Gasteiger partial charge in [0.25, 0.3) is 0 Å². The maximum absolute atomic E-state index is 11.1. The molecule has 0 spiro atoms. The molecule has 5 heteroatoms. The Hall–Kier alpha value is -0.650. The first-order chi connectivity index (χ1) is 8.20. The van der Waals surface area contributed by atoms with E-state index in [4.69, 9.17) is 14.6 Å². The van der Waals surface area contributed by atoms with Crippen molar-refractivity contribution in [3.8, 4) is 0 Å². The van der Waals surface area contributed by atoms with Gasteiger partial charge in [-0.3, -0.25) is 9.69 Å². The quantitative estimate of drug-likeness (QED) is 0.642. The molecular weight excluding hydrogens is 222 g/mol. The van der Waals surface area contributed by atoms with Crippen molar-refractivity contribution >= 4 is 5.97 Å². The van der Waals surface area contributed by atoms with Crippen molar-refractivity contribution in [3.63, 3.8) is 0 Å². The van der Waals surface area contributed by atoms with Gasteiger partial charge in [-0.15, -0.1) is 0 Å². The summed E-state index contributed by atoms with van der Waals surface area (Å²) in [5.74, 6) is -1.16. The average molecular weight is 245 g/mol. The second-order valence-corrected chi connectivity index (χ2v) is 4.28. The molecule has 5 nitrogen and oxygen atoms in total. The molecule has 1 aliphatic heterocycles. The molecule has 2 atom stereocenters. The number of hydrogen-bond acceptors (Lipinski definition) is 4. The Balaban J connectivity index is 2.52. The minimum Gasteiger partial charge on any atom is -0.481 e. The molecule has 0 aromatic heterocycles. The van der Waals surface area contributed by atoms with Gasteiger partial charge in [-0.05, 0) is 19.9 Å². The van der Waals surface area contributed by atoms with Gasteiger partial charge < -0.3 is 14.6 Å². The first kappa shape index (κ1) is 14.4. The maximum atomic E-state index is 11.1. The lowest BCUT2D eigenvalue weighted by Gasteiger charge is -2.29. The average Bonchev–Trinajstić information content (AvgIpc) is 2.77. The summed E-state index contributed by atoms with van der Waals surface area (Å²) >= 11 is 0. The summed E-state index contributed by atoms with van der Waals surface area (Å²) in [6.07, 6.45) is 1.01. The predicted molar refractivity (Wildman–Crippen MR) is 64.1 cm³/mol. The van der Waals surface area contributed by atoms with Gasteiger partial charge in [0.15, 0.2) is 0 Å². The van der Waals surface area contributed by atoms with Crippen LogP contribution >= 0.6 is 0 Å². The predicted octanol–water partition coefficient (Wildman–Crippen LogP) is 0.835. The molecule has 1 rings (SSSR count). The molecule has 100 valence electrons. The van der Waals surface area contributed by atoms with E-state index in [2.05, 4.69) is 11.8 Å². The van der Waals surface area contributed by atoms with Crippen molar-refractivity contribution in [2.24, 2.45) is 5.92 Å². The number of rotatable bonds is 8. The molecule has 1 N–H and O–H groups in total. The van der Waals surface area contributed by atoms with Crippen LogP contribution in [-0.4, -0.2) is 61.5 Å². The summed E-state index contributed by atoms with van der Waals surface area (Å²) in [5, 5.41) is 9.13. The van der Waals surface area contributed by atoms with Crippen LogP contribution in [0.3, 0.4) is 0 Å². The summed E-state index contributed by atoms with van der Waals surface area (Å²) < 4.78 is 10.6. The first-order valence-corrected chi connectivity index (χ1v) is 6.33. The van der Waals surface area contributed by atoms with Crippen molar-refractivity contribution in [1.29, 1.82) is 0 Å². The Bertz CT molecular complexity index is 235. The largest absolute Gasteiger partial charge is 0.481 e. The molecule has 1 heterocycles. The number of ether oxygens (including phenoxy) is 2. The molecule has 0 aliphatic carbocycles. The Morgan fingerprint density at radius 3 is 2.76 bits per heavy atom. The fourth-order valence-electron chi connectivity index (χ4n) is 2.20. The zero-order chi connectivity index (χ0) is 12.7. The second kappa shape index (κ2) is 7.63. The van der Waals surface area contributed by atoms with E-state index in [0.717, 1.165) is 19.5 Å². The zero-order valence-corrected chi connectivity index (χ0v) is 10.7. The maximum Gasteiger partial charge on any atom is 0.310 e. The Morgan fingerprint density at radius 2 is 2.18 bits per heavy atom. The summed E-state index contributed by atoms with van der Waals surface area (Å²) in [7, 11) is 0. The zero-order valence-electron chi connectivity index (χ0n) is 10.7. The van der Waals surface area contributed by atoms with Crippen LogP contribution in [0.4, 0.5) is 0 Å². The lowest BCUT2D eigenvalue weighted by molar-refractivity contribution is -0.143. The fraction of sp³-hybridized carbons (Fsp3) is 0.917. The van der Waals surface area contributed by atoms with Gasteiger partial charge in [0.05, 0.1) is 25.7 Å². The van der Waals surface area contributed by atoms with Gasteiger partial charge in [-0.2, -0.15) is 0 Å². The fourth-order valence-corrected chi connectivity index (χ4v) is 2.20. The molecule has 1 saturated heterocycles. The topological polar surface area (TPSA) is 59.0 Å². The molecule has 0 aromatic rings. The number of carboxylic acids is 1. The number of nitrogens with zero attached hydrogens (tertiary/aromatic N) is 1. The van der Waals surface area contributed by atoms with Crippen LogP contribution in [-0.2, 0) is 14.3 Å². The van der Waals surface area contributed by atoms with E-state index in [1.165, 1.54) is 0 Å². The first-order valence-electron chi connectivity index (χ1n) is 6.33. The standard InChI is InChI=1S/C12H23NO4/c1-3-5-13(6-7-16-4-2)11-9-17-8-10(11)12(14)15/h10-11H,3-9H2,1-2H3,(H,14,15). The van der Waals surface area contributed by atoms with Crippen molar-refractivity contribution in [3.05, 3.63) is 0 Å². The van der Waals surface area contributed by atoms with Gasteiger partial charge in [-0.1, -0.05) is 6.92 Å². The molecule has 0 radical (unpaired) electrons. The normalized spacial score (nSPS) is 24.4. The SMILES string of the molecule is CCCN(CCOCC)C1COCC1C(=O)O. The van der Waals surface area contributed by atoms with Gasteiger partial charge in [0.2, 0.25) is 0 Å². The molecule has 2 unspecified atom stereocenters. The highest BCUT2D eigenvalue weighted by molar-refractivity contribution is 5.71. The van der Waals surface area contributed by atoms with E-state index in [1.54, 1.807) is 0 Å². The monoisotopic (exact) mass is 245 g/mol. The minimum atomic E-state index is -0.759. The molecule has 0 amide bonds. The Labute approximate surface area is 103 Å². The van der Waals surface area contributed by atoms with Crippen LogP contribution in [0.5, 0.6) is 0 Å². The summed E-state index contributed by atoms with van der Waals surface area (Å²) in [6, 6.07) is -0.00657. The van der Waals surface area contributed by atoms with Crippen LogP contribution in [0, 0.1) is 5.92 Å². The highest BCUT2D eigenvalue weighted by atomic mass is 16.5. The molecule has 0 bridgehead atoms. The van der Waals surface area contributed by atoms with Gasteiger partial charge in [-0.25, -0.2) is 0 Å². The van der Waals surface area contributed by atoms with E-state index in [1.807, 2.05) is 6.92 Å². The van der Waals surface area contributed by atoms with Crippen LogP contribution in [0.2, 0.25) is 0 Å². The third-order valence-corrected chi connectivity index (χ3v) is 3.07. The highest BCUT2D eigenvalue weighted by Crippen LogP contribution is 2.20. The Kier molecular flexibility index (Phi) is 6.47. The van der Waals surface area contributed by atoms with Crippen LogP contribution in [0.25, 0.3) is 0 Å². The van der Waals surface area contributed by atoms with Crippen molar-refractivity contribution in [2.45, 2.75) is 26.3 Å². The summed E-state index contributed by atoms with van der Waals surface area (Å²) in [5.41, 5.74) is 0. The third-order valence-electron chi connectivity index (χ3n) is 3.07. The van der Waals surface area contributed by atoms with Crippen molar-refractivity contribution < 1.29 is 19.4 Å². The van der Waals surface area contributed by atoms with Gasteiger partial charge in [0, 0.05) is 19.2 Å². The van der Waals surface area contributed by atoms with Gasteiger partial charge in [0.1, 0.15) is 0 Å². The van der Waals surface area contributed by atoms with Crippen LogP contribution in [0.15, 0.2) is 0 Å². The number of carbonyl (C=O) groups is 1. The molecule has 0 saturated carbocycles. The van der Waals surface area contributed by atoms with E-state index >= 15 is 0 Å². The molecule has 0 aromatic carbocycles. The van der Waals surface area contributed by atoms with Crippen LogP contribution in [0.1, 0.15) is 20.3 Å². The molecule has 1 aliphatic rings. The van der Waals surface area contributed by atoms with Crippen molar-refractivity contribution in [1.82, 2.24) is 4.90 Å². The smallest absolute Gasteiger partial charge is 0.310 e. The number of hydrogen-bond donors (Lipinski definition) is 1. The highest BCUT2D eigenvalue weighted by Gasteiger charge is 2.37.